The van der Waals surface area contributed by atoms with Crippen LogP contribution in [0.4, 0.5) is 5.69 Å². The Morgan fingerprint density at radius 3 is 2.90 bits per heavy atom. The van der Waals surface area contributed by atoms with Gasteiger partial charge in [-0.3, -0.25) is 9.20 Å². The van der Waals surface area contributed by atoms with Crippen molar-refractivity contribution in [3.05, 3.63) is 70.3 Å². The number of aryl methyl sites for hydroxylation is 1. The van der Waals surface area contributed by atoms with E-state index in [1.54, 1.807) is 28.4 Å². The maximum atomic E-state index is 12.1. The number of hydrogen-bond donors (Lipinski definition) is 1. The molecular weight excluding hydrogens is 282 g/mol. The largest absolute Gasteiger partial charge is 0.399 e. The summed E-state index contributed by atoms with van der Waals surface area (Å²) in [5.41, 5.74) is 8.99. The van der Waals surface area contributed by atoms with E-state index >= 15 is 0 Å². The van der Waals surface area contributed by atoms with Crippen molar-refractivity contribution in [3.63, 3.8) is 0 Å². The fourth-order valence-corrected chi connectivity index (χ4v) is 2.95. The molecule has 0 amide bonds. The molecule has 0 aliphatic heterocycles. The van der Waals surface area contributed by atoms with Crippen LogP contribution in [-0.2, 0) is 5.75 Å². The minimum absolute atomic E-state index is 0.0526. The molecule has 3 aromatic rings. The van der Waals surface area contributed by atoms with Gasteiger partial charge in [-0.2, -0.15) is 0 Å². The van der Waals surface area contributed by atoms with Gasteiger partial charge in [0.2, 0.25) is 0 Å². The number of benzene rings is 1. The van der Waals surface area contributed by atoms with Crippen molar-refractivity contribution >= 4 is 23.1 Å². The van der Waals surface area contributed by atoms with Crippen LogP contribution in [0.25, 0.3) is 5.65 Å². The van der Waals surface area contributed by atoms with E-state index in [0.29, 0.717) is 11.4 Å². The quantitative estimate of drug-likeness (QED) is 0.596. The van der Waals surface area contributed by atoms with Gasteiger partial charge in [-0.1, -0.05) is 6.07 Å². The maximum absolute atomic E-state index is 12.1. The van der Waals surface area contributed by atoms with Gasteiger partial charge in [-0.25, -0.2) is 4.98 Å². The molecule has 0 aliphatic carbocycles. The number of anilines is 1. The monoisotopic (exact) mass is 297 g/mol. The lowest BCUT2D eigenvalue weighted by Crippen LogP contribution is -2.15. The normalized spacial score (nSPS) is 10.9. The van der Waals surface area contributed by atoms with E-state index in [2.05, 4.69) is 4.98 Å². The van der Waals surface area contributed by atoms with Gasteiger partial charge < -0.3 is 5.73 Å². The van der Waals surface area contributed by atoms with Gasteiger partial charge in [-0.05, 0) is 42.8 Å². The topological polar surface area (TPSA) is 60.4 Å². The fourth-order valence-electron chi connectivity index (χ4n) is 2.09. The van der Waals surface area contributed by atoms with E-state index in [-0.39, 0.29) is 5.56 Å². The highest BCUT2D eigenvalue weighted by Crippen LogP contribution is 2.23. The molecule has 0 saturated heterocycles. The number of aromatic nitrogens is 2. The van der Waals surface area contributed by atoms with Gasteiger partial charge in [0.1, 0.15) is 5.65 Å². The Morgan fingerprint density at radius 2 is 2.10 bits per heavy atom. The van der Waals surface area contributed by atoms with Crippen LogP contribution in [0.3, 0.4) is 0 Å². The summed E-state index contributed by atoms with van der Waals surface area (Å²) in [5, 5.41) is 0. The van der Waals surface area contributed by atoms with Gasteiger partial charge in [-0.15, -0.1) is 11.8 Å². The van der Waals surface area contributed by atoms with Crippen LogP contribution in [0, 0.1) is 6.92 Å². The van der Waals surface area contributed by atoms with Crippen molar-refractivity contribution < 1.29 is 0 Å². The molecule has 2 heterocycles. The molecule has 2 aromatic heterocycles. The molecule has 3 rings (SSSR count). The average Bonchev–Trinajstić information content (AvgIpc) is 2.45. The molecule has 0 spiro atoms. The SMILES string of the molecule is Cc1ccn2c(=O)cc(CSc3cccc(N)c3)nc2c1. The maximum Gasteiger partial charge on any atom is 0.258 e. The molecule has 0 saturated carbocycles. The molecule has 0 unspecified atom stereocenters. The van der Waals surface area contributed by atoms with Gasteiger partial charge in [0.05, 0.1) is 5.69 Å². The first-order valence-corrected chi connectivity index (χ1v) is 7.58. The highest BCUT2D eigenvalue weighted by molar-refractivity contribution is 7.98. The van der Waals surface area contributed by atoms with E-state index in [9.17, 15) is 4.79 Å². The van der Waals surface area contributed by atoms with E-state index < -0.39 is 0 Å². The Hall–Kier alpha value is -2.27. The Morgan fingerprint density at radius 1 is 1.24 bits per heavy atom. The van der Waals surface area contributed by atoms with Gasteiger partial charge in [0.25, 0.3) is 5.56 Å². The third-order valence-corrected chi connectivity index (χ3v) is 4.15. The fraction of sp³-hybridized carbons (Fsp3) is 0.125. The third-order valence-electron chi connectivity index (χ3n) is 3.12. The summed E-state index contributed by atoms with van der Waals surface area (Å²) >= 11 is 1.62. The molecule has 0 atom stereocenters. The molecular formula is C16H15N3OS. The smallest absolute Gasteiger partial charge is 0.258 e. The van der Waals surface area contributed by atoms with Crippen molar-refractivity contribution in [2.24, 2.45) is 0 Å². The zero-order chi connectivity index (χ0) is 14.8. The summed E-state index contributed by atoms with van der Waals surface area (Å²) in [4.78, 5) is 17.7. The van der Waals surface area contributed by atoms with Crippen LogP contribution in [-0.4, -0.2) is 9.38 Å². The Kier molecular flexibility index (Phi) is 3.66. The minimum Gasteiger partial charge on any atom is -0.399 e. The first-order chi connectivity index (χ1) is 10.1. The Labute approximate surface area is 126 Å². The van der Waals surface area contributed by atoms with E-state index in [1.165, 1.54) is 0 Å². The number of pyridine rings is 1. The van der Waals surface area contributed by atoms with Crippen molar-refractivity contribution in [3.8, 4) is 0 Å². The number of nitrogen functional groups attached to an aromatic ring is 1. The highest BCUT2D eigenvalue weighted by Gasteiger charge is 2.04. The van der Waals surface area contributed by atoms with Crippen LogP contribution in [0.5, 0.6) is 0 Å². The summed E-state index contributed by atoms with van der Waals surface area (Å²) in [6.07, 6.45) is 1.76. The van der Waals surface area contributed by atoms with Crippen LogP contribution in [0.1, 0.15) is 11.3 Å². The zero-order valence-corrected chi connectivity index (χ0v) is 12.4. The Bertz CT molecular complexity index is 858. The molecule has 4 nitrogen and oxygen atoms in total. The van der Waals surface area contributed by atoms with Crippen LogP contribution in [0.2, 0.25) is 0 Å². The van der Waals surface area contributed by atoms with Gasteiger partial charge in [0.15, 0.2) is 0 Å². The molecule has 1 aromatic carbocycles. The summed E-state index contributed by atoms with van der Waals surface area (Å²) in [6.45, 7) is 1.99. The summed E-state index contributed by atoms with van der Waals surface area (Å²) in [5.74, 6) is 0.642. The average molecular weight is 297 g/mol. The van der Waals surface area contributed by atoms with Crippen molar-refractivity contribution in [1.29, 1.82) is 0 Å². The number of rotatable bonds is 3. The molecule has 0 fully saturated rings. The second-order valence-corrected chi connectivity index (χ2v) is 5.93. The number of nitrogens with zero attached hydrogens (tertiary/aromatic N) is 2. The molecule has 5 heteroatoms. The lowest BCUT2D eigenvalue weighted by Gasteiger charge is -2.05. The molecule has 2 N–H and O–H groups in total. The second-order valence-electron chi connectivity index (χ2n) is 4.88. The summed E-state index contributed by atoms with van der Waals surface area (Å²) < 4.78 is 1.56. The second kappa shape index (κ2) is 5.61. The standard InChI is InChI=1S/C16H15N3OS/c1-11-5-6-19-15(7-11)18-13(9-16(19)20)10-21-14-4-2-3-12(17)8-14/h2-9H,10,17H2,1H3. The first-order valence-electron chi connectivity index (χ1n) is 6.59. The van der Waals surface area contributed by atoms with E-state index in [4.69, 9.17) is 5.73 Å². The van der Waals surface area contributed by atoms with Gasteiger partial charge >= 0.3 is 0 Å². The predicted octanol–water partition coefficient (Wildman–Crippen LogP) is 2.88. The van der Waals surface area contributed by atoms with E-state index in [1.807, 2.05) is 43.3 Å². The van der Waals surface area contributed by atoms with Crippen LogP contribution < -0.4 is 11.3 Å². The number of hydrogen-bond acceptors (Lipinski definition) is 4. The first kappa shape index (κ1) is 13.7. The molecule has 0 radical (unpaired) electrons. The third kappa shape index (κ3) is 3.08. The minimum atomic E-state index is -0.0526. The number of nitrogens with two attached hydrogens (primary N) is 1. The van der Waals surface area contributed by atoms with Crippen LogP contribution >= 0.6 is 11.8 Å². The zero-order valence-electron chi connectivity index (χ0n) is 11.6. The number of fused-ring (bicyclic) bond motifs is 1. The van der Waals surface area contributed by atoms with Crippen LogP contribution in [0.15, 0.2) is 58.4 Å². The van der Waals surface area contributed by atoms with Crippen molar-refractivity contribution in [1.82, 2.24) is 9.38 Å². The summed E-state index contributed by atoms with van der Waals surface area (Å²) in [7, 11) is 0. The van der Waals surface area contributed by atoms with Gasteiger partial charge in [0, 0.05) is 28.6 Å². The predicted molar refractivity (Wildman–Crippen MR) is 86.6 cm³/mol. The molecule has 0 aliphatic rings. The highest BCUT2D eigenvalue weighted by atomic mass is 32.2. The molecule has 0 bridgehead atoms. The van der Waals surface area contributed by atoms with Crippen molar-refractivity contribution in [2.45, 2.75) is 17.6 Å². The molecule has 21 heavy (non-hydrogen) atoms. The lowest BCUT2D eigenvalue weighted by atomic mass is 10.3. The number of thioether (sulfide) groups is 1. The molecule has 106 valence electrons. The summed E-state index contributed by atoms with van der Waals surface area (Å²) in [6, 6.07) is 13.1. The lowest BCUT2D eigenvalue weighted by molar-refractivity contribution is 1.01. The van der Waals surface area contributed by atoms with E-state index in [0.717, 1.165) is 21.8 Å². The van der Waals surface area contributed by atoms with Crippen molar-refractivity contribution in [2.75, 3.05) is 5.73 Å². The Balaban J connectivity index is 1.89.